The zero-order valence-corrected chi connectivity index (χ0v) is 17.9. The molecule has 0 unspecified atom stereocenters. The normalized spacial score (nSPS) is 16.7. The minimum Gasteiger partial charge on any atom is -0.354 e. The highest BCUT2D eigenvalue weighted by atomic mass is 19.3. The van der Waals surface area contributed by atoms with Crippen molar-refractivity contribution in [3.05, 3.63) is 47.7 Å². The second-order valence-electron chi connectivity index (χ2n) is 8.19. The summed E-state index contributed by atoms with van der Waals surface area (Å²) in [4.78, 5) is 18.3. The molecule has 6 nitrogen and oxygen atoms in total. The molecular formula is C22H28F2N6. The van der Waals surface area contributed by atoms with Gasteiger partial charge in [-0.05, 0) is 26.0 Å². The number of alkyl halides is 2. The molecule has 0 radical (unpaired) electrons. The fourth-order valence-electron chi connectivity index (χ4n) is 4.06. The Hall–Kier alpha value is -2.61. The van der Waals surface area contributed by atoms with Crippen molar-refractivity contribution in [2.75, 3.05) is 31.1 Å². The summed E-state index contributed by atoms with van der Waals surface area (Å²) in [5.74, 6) is 2.48. The SMILES string of the molecule is Cc1cc(N2CCN([C@H](C)c3nc4ccccc4n3C(F)F)CC2)nc(C(C)C)n1. The van der Waals surface area contributed by atoms with E-state index in [-0.39, 0.29) is 12.0 Å². The first-order valence-corrected chi connectivity index (χ1v) is 10.4. The smallest absolute Gasteiger partial charge is 0.320 e. The van der Waals surface area contributed by atoms with Crippen molar-refractivity contribution in [1.82, 2.24) is 24.4 Å². The average Bonchev–Trinajstić information content (AvgIpc) is 3.12. The van der Waals surface area contributed by atoms with E-state index in [0.717, 1.165) is 48.1 Å². The van der Waals surface area contributed by atoms with Gasteiger partial charge in [0.15, 0.2) is 0 Å². The maximum absolute atomic E-state index is 13.8. The van der Waals surface area contributed by atoms with Crippen LogP contribution in [0, 0.1) is 6.92 Å². The van der Waals surface area contributed by atoms with E-state index < -0.39 is 6.55 Å². The monoisotopic (exact) mass is 414 g/mol. The highest BCUT2D eigenvalue weighted by molar-refractivity contribution is 5.76. The van der Waals surface area contributed by atoms with E-state index in [1.165, 1.54) is 0 Å². The number of anilines is 1. The first-order valence-electron chi connectivity index (χ1n) is 10.4. The van der Waals surface area contributed by atoms with Crippen LogP contribution in [0.25, 0.3) is 11.0 Å². The fraction of sp³-hybridized carbons (Fsp3) is 0.500. The molecule has 0 saturated carbocycles. The Balaban J connectivity index is 1.52. The van der Waals surface area contributed by atoms with Gasteiger partial charge in [-0.1, -0.05) is 26.0 Å². The molecule has 8 heteroatoms. The molecule has 0 N–H and O–H groups in total. The summed E-state index contributed by atoms with van der Waals surface area (Å²) in [5.41, 5.74) is 2.05. The molecule has 1 atom stereocenters. The van der Waals surface area contributed by atoms with Crippen LogP contribution in [0.5, 0.6) is 0 Å². The molecule has 0 aliphatic carbocycles. The summed E-state index contributed by atoms with van der Waals surface area (Å²) < 4.78 is 28.7. The molecule has 3 heterocycles. The molecule has 0 bridgehead atoms. The van der Waals surface area contributed by atoms with Gasteiger partial charge in [-0.3, -0.25) is 9.47 Å². The van der Waals surface area contributed by atoms with Gasteiger partial charge in [0, 0.05) is 43.9 Å². The van der Waals surface area contributed by atoms with E-state index >= 15 is 0 Å². The molecule has 1 aromatic carbocycles. The minimum absolute atomic E-state index is 0.202. The van der Waals surface area contributed by atoms with Crippen molar-refractivity contribution in [3.63, 3.8) is 0 Å². The third-order valence-electron chi connectivity index (χ3n) is 5.75. The maximum atomic E-state index is 13.8. The highest BCUT2D eigenvalue weighted by Crippen LogP contribution is 2.30. The van der Waals surface area contributed by atoms with Crippen LogP contribution in [0.3, 0.4) is 0 Å². The number of fused-ring (bicyclic) bond motifs is 1. The van der Waals surface area contributed by atoms with E-state index in [2.05, 4.69) is 33.6 Å². The largest absolute Gasteiger partial charge is 0.354 e. The Morgan fingerprint density at radius 3 is 2.30 bits per heavy atom. The number of nitrogens with zero attached hydrogens (tertiary/aromatic N) is 6. The van der Waals surface area contributed by atoms with Crippen LogP contribution in [0.1, 0.15) is 56.6 Å². The van der Waals surface area contributed by atoms with Crippen LogP contribution in [0.2, 0.25) is 0 Å². The first kappa shape index (κ1) is 20.7. The van der Waals surface area contributed by atoms with E-state index in [9.17, 15) is 8.78 Å². The van der Waals surface area contributed by atoms with E-state index in [1.54, 1.807) is 18.2 Å². The van der Waals surface area contributed by atoms with Gasteiger partial charge in [-0.2, -0.15) is 8.78 Å². The van der Waals surface area contributed by atoms with Crippen molar-refractivity contribution in [3.8, 4) is 0 Å². The predicted molar refractivity (Wildman–Crippen MR) is 114 cm³/mol. The molecule has 1 fully saturated rings. The quantitative estimate of drug-likeness (QED) is 0.614. The van der Waals surface area contributed by atoms with Gasteiger partial charge in [0.05, 0.1) is 17.1 Å². The second kappa shape index (κ2) is 8.26. The number of piperazine rings is 1. The topological polar surface area (TPSA) is 50.1 Å². The summed E-state index contributed by atoms with van der Waals surface area (Å²) in [6.45, 7) is 8.60. The van der Waals surface area contributed by atoms with Gasteiger partial charge >= 0.3 is 6.55 Å². The van der Waals surface area contributed by atoms with Crippen LogP contribution in [0.4, 0.5) is 14.6 Å². The molecule has 0 amide bonds. The number of hydrogen-bond donors (Lipinski definition) is 0. The number of halogens is 2. The van der Waals surface area contributed by atoms with Crippen LogP contribution >= 0.6 is 0 Å². The molecule has 2 aromatic heterocycles. The van der Waals surface area contributed by atoms with Crippen LogP contribution < -0.4 is 4.90 Å². The summed E-state index contributed by atoms with van der Waals surface area (Å²) >= 11 is 0. The molecule has 0 spiro atoms. The molecule has 1 aliphatic heterocycles. The molecule has 1 aliphatic rings. The zero-order valence-electron chi connectivity index (χ0n) is 17.9. The number of rotatable bonds is 5. The number of aryl methyl sites for hydroxylation is 1. The molecule has 1 saturated heterocycles. The van der Waals surface area contributed by atoms with Gasteiger partial charge in [0.25, 0.3) is 0 Å². The Morgan fingerprint density at radius 1 is 0.933 bits per heavy atom. The number of hydrogen-bond acceptors (Lipinski definition) is 5. The Kier molecular flexibility index (Phi) is 5.69. The van der Waals surface area contributed by atoms with Crippen LogP contribution in [-0.4, -0.2) is 50.6 Å². The molecule has 3 aromatic rings. The minimum atomic E-state index is -2.62. The van der Waals surface area contributed by atoms with Gasteiger partial charge in [0.1, 0.15) is 17.5 Å². The predicted octanol–water partition coefficient (Wildman–Crippen LogP) is 4.54. The van der Waals surface area contributed by atoms with Gasteiger partial charge in [-0.25, -0.2) is 15.0 Å². The lowest BCUT2D eigenvalue weighted by Crippen LogP contribution is -2.48. The van der Waals surface area contributed by atoms with E-state index in [0.29, 0.717) is 16.9 Å². The standard InChI is InChI=1S/C22H28F2N6/c1-14(2)20-25-15(3)13-19(27-20)29-11-9-28(10-12-29)16(4)21-26-17-7-5-6-8-18(17)30(21)22(23)24/h5-8,13-14,16,22H,9-12H2,1-4H3/t16-/m1/s1. The zero-order chi connectivity index (χ0) is 21.4. The Bertz CT molecular complexity index is 1020. The number of aromatic nitrogens is 4. The van der Waals surface area contributed by atoms with Gasteiger partial charge < -0.3 is 4.90 Å². The first-order chi connectivity index (χ1) is 14.3. The second-order valence-corrected chi connectivity index (χ2v) is 8.19. The summed E-state index contributed by atoms with van der Waals surface area (Å²) in [7, 11) is 0. The summed E-state index contributed by atoms with van der Waals surface area (Å²) in [6.07, 6.45) is 0. The lowest BCUT2D eigenvalue weighted by Gasteiger charge is -2.38. The lowest BCUT2D eigenvalue weighted by molar-refractivity contribution is 0.0641. The van der Waals surface area contributed by atoms with Gasteiger partial charge in [0.2, 0.25) is 0 Å². The summed E-state index contributed by atoms with van der Waals surface area (Å²) in [6, 6.07) is 8.89. The molecule has 4 rings (SSSR count). The van der Waals surface area contributed by atoms with Gasteiger partial charge in [-0.15, -0.1) is 0 Å². The fourth-order valence-corrected chi connectivity index (χ4v) is 4.06. The van der Waals surface area contributed by atoms with E-state index in [4.69, 9.17) is 4.98 Å². The summed E-state index contributed by atoms with van der Waals surface area (Å²) in [5, 5.41) is 0. The Morgan fingerprint density at radius 2 is 1.63 bits per heavy atom. The maximum Gasteiger partial charge on any atom is 0.320 e. The van der Waals surface area contributed by atoms with Crippen molar-refractivity contribution < 1.29 is 8.78 Å². The number of benzene rings is 1. The third-order valence-corrected chi connectivity index (χ3v) is 5.75. The number of para-hydroxylation sites is 2. The molecule has 160 valence electrons. The lowest BCUT2D eigenvalue weighted by atomic mass is 10.2. The van der Waals surface area contributed by atoms with Crippen molar-refractivity contribution in [2.45, 2.75) is 46.2 Å². The van der Waals surface area contributed by atoms with Crippen molar-refractivity contribution >= 4 is 16.9 Å². The average molecular weight is 415 g/mol. The van der Waals surface area contributed by atoms with Crippen LogP contribution in [-0.2, 0) is 0 Å². The molecule has 30 heavy (non-hydrogen) atoms. The van der Waals surface area contributed by atoms with Crippen molar-refractivity contribution in [1.29, 1.82) is 0 Å². The molecular weight excluding hydrogens is 386 g/mol. The Labute approximate surface area is 175 Å². The van der Waals surface area contributed by atoms with E-state index in [1.807, 2.05) is 26.0 Å². The third kappa shape index (κ3) is 3.88. The van der Waals surface area contributed by atoms with Crippen molar-refractivity contribution in [2.24, 2.45) is 0 Å². The highest BCUT2D eigenvalue weighted by Gasteiger charge is 2.28. The van der Waals surface area contributed by atoms with Crippen LogP contribution in [0.15, 0.2) is 30.3 Å². The number of imidazole rings is 1.